The Bertz CT molecular complexity index is 1760. The Morgan fingerprint density at radius 3 is 0.537 bits per heavy atom. The van der Waals surface area contributed by atoms with Crippen LogP contribution in [0.4, 0.5) is 105 Å². The second-order valence-corrected chi connectivity index (χ2v) is 18.8. The first-order valence-electron chi connectivity index (χ1n) is 21.8. The van der Waals surface area contributed by atoms with Crippen molar-refractivity contribution in [2.75, 3.05) is 26.2 Å². The Hall–Kier alpha value is -2.09. The van der Waals surface area contributed by atoms with Crippen LogP contribution in [-0.4, -0.2) is 156 Å². The van der Waals surface area contributed by atoms with Crippen molar-refractivity contribution in [2.45, 2.75) is 204 Å². The Morgan fingerprint density at radius 1 is 0.341 bits per heavy atom. The van der Waals surface area contributed by atoms with Gasteiger partial charge in [-0.1, -0.05) is 13.8 Å². The van der Waals surface area contributed by atoms with Crippen molar-refractivity contribution in [3.63, 3.8) is 0 Å². The molecule has 0 aliphatic heterocycles. The zero-order valence-corrected chi connectivity index (χ0v) is 50.6. The number of carbonyl (C=O) groups excluding carboxylic acids is 2. The molecule has 0 rings (SSSR count). The van der Waals surface area contributed by atoms with Gasteiger partial charge >= 0.3 is 115 Å². The van der Waals surface area contributed by atoms with E-state index in [1.54, 1.807) is 41.5 Å². The van der Waals surface area contributed by atoms with E-state index in [0.29, 0.717) is 27.7 Å². The number of ether oxygens (including phenoxy) is 2. The van der Waals surface area contributed by atoms with Crippen LogP contribution in [0.1, 0.15) is 109 Å². The number of halogens is 24. The summed E-state index contributed by atoms with van der Waals surface area (Å²) in [4.78, 5) is 34.0. The number of rotatable bonds is 16. The topological polar surface area (TPSA) is 240 Å². The molecule has 0 fully saturated rings. The minimum absolute atomic E-state index is 0. The van der Waals surface area contributed by atoms with Crippen LogP contribution in [0.2, 0.25) is 0 Å². The maximum atomic E-state index is 12.5. The molecule has 14 nitrogen and oxygen atoms in total. The van der Waals surface area contributed by atoms with E-state index in [4.69, 9.17) is 9.47 Å². The molecule has 0 spiro atoms. The van der Waals surface area contributed by atoms with Crippen LogP contribution in [0.3, 0.4) is 0 Å². The quantitative estimate of drug-likeness (QED) is 0.0711. The molecule has 0 saturated heterocycles. The fraction of sp³-hybridized carbons (Fsp3) is 0.857. The van der Waals surface area contributed by atoms with Crippen molar-refractivity contribution in [1.29, 1.82) is 0 Å². The molecule has 82 heavy (non-hydrogen) atoms. The van der Waals surface area contributed by atoms with E-state index in [2.05, 4.69) is 20.0 Å². The van der Waals surface area contributed by atoms with Crippen LogP contribution in [0.5, 0.6) is 0 Å². The third-order valence-electron chi connectivity index (χ3n) is 8.89. The predicted octanol–water partition coefficient (Wildman–Crippen LogP) is 6.42. The van der Waals surface area contributed by atoms with E-state index in [1.165, 1.54) is 13.8 Å². The molecular weight excluding hydrogens is 1350 g/mol. The van der Waals surface area contributed by atoms with Gasteiger partial charge in [0.05, 0.1) is 48.6 Å². The summed E-state index contributed by atoms with van der Waals surface area (Å²) in [6.45, 7) is 12.5. The second kappa shape index (κ2) is 33.3. The summed E-state index contributed by atoms with van der Waals surface area (Å²) in [6, 6.07) is 0. The first kappa shape index (κ1) is 91.1. The van der Waals surface area contributed by atoms with Gasteiger partial charge in [-0.2, -0.15) is 105 Å². The standard InChI is InChI=1S/2C14H14F12N2O2.2C7H13O3.2Y/c2*1-7(5-9(29,11(15,16)17)12(18,19)20)27-3-4-28-8(2)6-10(30,13(21,22)23)14(24,25)26;2*1-5(8)6(9)10-7(2,3)4;;/h2*3-6H2,1-2H3;2*5H,1-4H3;;/q2*-2;2*-1;2*+3/t;;2*5-;;/m..11../s1. The van der Waals surface area contributed by atoms with Crippen molar-refractivity contribution in [3.05, 3.63) is 0 Å². The number of alkyl halides is 24. The van der Waals surface area contributed by atoms with Crippen molar-refractivity contribution < 1.29 is 220 Å². The number of hydrogen-bond donors (Lipinski definition) is 0. The fourth-order valence-electron chi connectivity index (χ4n) is 4.84. The molecule has 2 atom stereocenters. The van der Waals surface area contributed by atoms with Crippen molar-refractivity contribution in [1.82, 2.24) is 0 Å². The van der Waals surface area contributed by atoms with Crippen LogP contribution in [-0.2, 0) is 84.5 Å². The molecule has 0 aromatic carbocycles. The van der Waals surface area contributed by atoms with E-state index < -0.39 is 182 Å². The van der Waals surface area contributed by atoms with Gasteiger partial charge in [0.15, 0.2) is 0 Å². The van der Waals surface area contributed by atoms with E-state index in [0.717, 1.165) is 0 Å². The molecule has 476 valence electrons. The minimum atomic E-state index is -6.20. The van der Waals surface area contributed by atoms with Gasteiger partial charge in [-0.25, -0.2) is 0 Å². The van der Waals surface area contributed by atoms with Crippen LogP contribution in [0.15, 0.2) is 20.0 Å². The average molecular weight is 1410 g/mol. The van der Waals surface area contributed by atoms with E-state index in [9.17, 15) is 146 Å². The summed E-state index contributed by atoms with van der Waals surface area (Å²) >= 11 is 0. The third-order valence-corrected chi connectivity index (χ3v) is 8.89. The summed E-state index contributed by atoms with van der Waals surface area (Å²) in [6.07, 6.45) is -60.7. The Balaban J connectivity index is -0.000000259. The first-order valence-corrected chi connectivity index (χ1v) is 21.8. The van der Waals surface area contributed by atoms with Crippen LogP contribution in [0, 0.1) is 0 Å². The molecule has 0 aromatic rings. The van der Waals surface area contributed by atoms with Gasteiger partial charge in [0.1, 0.15) is 11.2 Å². The molecule has 0 bridgehead atoms. The minimum Gasteiger partial charge on any atom is -0.844 e. The first-order chi connectivity index (χ1) is 34.6. The van der Waals surface area contributed by atoms with Crippen molar-refractivity contribution >= 4 is 34.8 Å². The monoisotopic (exact) mass is 1410 g/mol. The summed E-state index contributed by atoms with van der Waals surface area (Å²) in [5.74, 6) is -1.38. The Labute approximate surface area is 502 Å². The number of nitrogens with zero attached hydrogens (tertiary/aromatic N) is 4. The molecule has 0 unspecified atom stereocenters. The zero-order valence-electron chi connectivity index (χ0n) is 44.9. The van der Waals surface area contributed by atoms with E-state index >= 15 is 0 Å². The molecule has 0 radical (unpaired) electrons. The number of carbonyl (C=O) groups is 2. The summed E-state index contributed by atoms with van der Waals surface area (Å²) in [5.41, 5.74) is -26.2. The van der Waals surface area contributed by atoms with Crippen LogP contribution in [0.25, 0.3) is 0 Å². The normalized spacial score (nSPS) is 15.4. The molecule has 40 heteroatoms. The summed E-state index contributed by atoms with van der Waals surface area (Å²) < 4.78 is 309. The Morgan fingerprint density at radius 2 is 0.463 bits per heavy atom. The van der Waals surface area contributed by atoms with Gasteiger partial charge in [-0.15, -0.1) is 0 Å². The summed E-state index contributed by atoms with van der Waals surface area (Å²) in [7, 11) is 0. The SMILES string of the molecule is CC(CC([O-])(C(F)(F)F)C(F)(F)F)=NCCN=C(C)CC([O-])(C(F)(F)F)C(F)(F)F.CC(CC([O-])(C(F)(F)F)C(F)(F)F)=NCCN=C(C)CC([O-])(C(F)(F)F)C(F)(F)F.C[C@@H]([O-])C(=O)OC(C)(C)C.C[C@@H]([O-])C(=O)OC(C)(C)C.[Y+3].[Y+3]. The molecule has 0 saturated carbocycles. The zero-order chi connectivity index (χ0) is 65.5. The van der Waals surface area contributed by atoms with Gasteiger partial charge in [-0.05, 0) is 107 Å². The molecule has 0 N–H and O–H groups in total. The fourth-order valence-corrected chi connectivity index (χ4v) is 4.84. The smallest absolute Gasteiger partial charge is 0.844 e. The van der Waals surface area contributed by atoms with E-state index in [-0.39, 0.29) is 65.4 Å². The predicted molar refractivity (Wildman–Crippen MR) is 220 cm³/mol. The molecule has 0 aliphatic carbocycles. The van der Waals surface area contributed by atoms with Crippen LogP contribution < -0.4 is 30.6 Å². The van der Waals surface area contributed by atoms with Gasteiger partial charge < -0.3 is 40.1 Å². The third kappa shape index (κ3) is 31.0. The average Bonchev–Trinajstić information content (AvgIpc) is 3.17. The Kier molecular flexibility index (Phi) is 37.0. The molecule has 0 aromatic heterocycles. The van der Waals surface area contributed by atoms with Gasteiger partial charge in [0.2, 0.25) is 0 Å². The molecule has 0 amide bonds. The summed E-state index contributed by atoms with van der Waals surface area (Å²) in [5, 5.41) is 65.8. The molecule has 0 aliphatic rings. The number of esters is 2. The van der Waals surface area contributed by atoms with Gasteiger partial charge in [-0.3, -0.25) is 29.6 Å². The van der Waals surface area contributed by atoms with Crippen LogP contribution >= 0.6 is 0 Å². The van der Waals surface area contributed by atoms with Crippen molar-refractivity contribution in [2.24, 2.45) is 20.0 Å². The van der Waals surface area contributed by atoms with Crippen molar-refractivity contribution in [3.8, 4) is 0 Å². The number of aliphatic imine (C=N–C) groups is 4. The molecule has 0 heterocycles. The van der Waals surface area contributed by atoms with E-state index in [1.807, 2.05) is 0 Å². The second-order valence-electron chi connectivity index (χ2n) is 18.8. The maximum absolute atomic E-state index is 12.5. The maximum Gasteiger partial charge on any atom is 3.00 e. The molecular formula is C42H54F24N4O10Y2. The van der Waals surface area contributed by atoms with Gasteiger partial charge in [0, 0.05) is 22.8 Å². The number of hydrogen-bond acceptors (Lipinski definition) is 14. The van der Waals surface area contributed by atoms with Gasteiger partial charge in [0.25, 0.3) is 11.9 Å². The largest absolute Gasteiger partial charge is 3.00 e.